The predicted octanol–water partition coefficient (Wildman–Crippen LogP) is 1.04. The van der Waals surface area contributed by atoms with E-state index in [1.165, 1.54) is 0 Å². The summed E-state index contributed by atoms with van der Waals surface area (Å²) in [5.74, 6) is -1.31. The fourth-order valence-electron chi connectivity index (χ4n) is 2.53. The lowest BCUT2D eigenvalue weighted by Gasteiger charge is -2.29. The van der Waals surface area contributed by atoms with Gasteiger partial charge in [0.05, 0.1) is 13.2 Å². The third-order valence-corrected chi connectivity index (χ3v) is 3.17. The van der Waals surface area contributed by atoms with Crippen LogP contribution in [0.15, 0.2) is 0 Å². The van der Waals surface area contributed by atoms with Crippen LogP contribution in [0.25, 0.3) is 0 Å². The highest BCUT2D eigenvalue weighted by Crippen LogP contribution is 2.41. The Balaban J connectivity index is 2.15. The van der Waals surface area contributed by atoms with Gasteiger partial charge in [0.2, 0.25) is 0 Å². The van der Waals surface area contributed by atoms with E-state index in [1.807, 2.05) is 34.6 Å². The van der Waals surface area contributed by atoms with E-state index in [1.54, 1.807) is 0 Å². The molecule has 0 aromatic heterocycles. The first kappa shape index (κ1) is 13.2. The first-order chi connectivity index (χ1) is 7.68. The van der Waals surface area contributed by atoms with Gasteiger partial charge in [0.15, 0.2) is 11.6 Å². The van der Waals surface area contributed by atoms with Gasteiger partial charge in [-0.1, -0.05) is 0 Å². The van der Waals surface area contributed by atoms with Crippen LogP contribution >= 0.6 is 0 Å². The van der Waals surface area contributed by atoms with Crippen LogP contribution in [0.4, 0.5) is 0 Å². The van der Waals surface area contributed by atoms with Gasteiger partial charge < -0.3 is 24.1 Å². The topological polar surface area (TPSA) is 57.2 Å². The molecule has 2 aliphatic rings. The van der Waals surface area contributed by atoms with E-state index in [4.69, 9.17) is 18.9 Å². The van der Waals surface area contributed by atoms with Crippen LogP contribution in [-0.2, 0) is 18.9 Å². The van der Waals surface area contributed by atoms with Crippen LogP contribution in [-0.4, -0.2) is 47.7 Å². The maximum Gasteiger partial charge on any atom is 0.164 e. The smallest absolute Gasteiger partial charge is 0.164 e. The van der Waals surface area contributed by atoms with Gasteiger partial charge in [0.1, 0.15) is 17.8 Å². The molecular weight excluding hydrogens is 224 g/mol. The zero-order valence-electron chi connectivity index (χ0n) is 11.1. The Bertz CT molecular complexity index is 301. The molecular formula is C12H22O5. The van der Waals surface area contributed by atoms with Gasteiger partial charge in [-0.2, -0.15) is 0 Å². The van der Waals surface area contributed by atoms with Crippen LogP contribution in [0.1, 0.15) is 34.6 Å². The largest absolute Gasteiger partial charge is 0.393 e. The molecule has 0 bridgehead atoms. The van der Waals surface area contributed by atoms with Crippen molar-refractivity contribution in [3.63, 3.8) is 0 Å². The second-order valence-electron chi connectivity index (χ2n) is 5.88. The Morgan fingerprint density at radius 3 is 2.18 bits per heavy atom. The molecule has 0 spiro atoms. The lowest BCUT2D eigenvalue weighted by molar-refractivity contribution is -0.176. The molecule has 1 N–H and O–H groups in total. The van der Waals surface area contributed by atoms with Gasteiger partial charge in [-0.05, 0) is 34.6 Å². The molecule has 0 amide bonds. The zero-order chi connectivity index (χ0) is 12.9. The minimum Gasteiger partial charge on any atom is -0.393 e. The summed E-state index contributed by atoms with van der Waals surface area (Å²) in [4.78, 5) is 0. The fourth-order valence-corrected chi connectivity index (χ4v) is 2.53. The number of hydrogen-bond donors (Lipinski definition) is 1. The molecule has 0 radical (unpaired) electrons. The normalized spacial score (nSPS) is 44.1. The lowest BCUT2D eigenvalue weighted by atomic mass is 9.96. The van der Waals surface area contributed by atoms with Crippen LogP contribution in [0.2, 0.25) is 0 Å². The zero-order valence-corrected chi connectivity index (χ0v) is 11.1. The number of aliphatic hydroxyl groups is 1. The second-order valence-corrected chi connectivity index (χ2v) is 5.88. The summed E-state index contributed by atoms with van der Waals surface area (Å²) in [6.45, 7) is 9.58. The molecule has 0 unspecified atom stereocenters. The average molecular weight is 246 g/mol. The Morgan fingerprint density at radius 2 is 1.71 bits per heavy atom. The molecule has 0 aromatic carbocycles. The highest BCUT2D eigenvalue weighted by Gasteiger charge is 2.55. The van der Waals surface area contributed by atoms with Gasteiger partial charge in [0, 0.05) is 0 Å². The van der Waals surface area contributed by atoms with Gasteiger partial charge in [-0.3, -0.25) is 0 Å². The van der Waals surface area contributed by atoms with E-state index in [-0.39, 0.29) is 18.8 Å². The van der Waals surface area contributed by atoms with Crippen molar-refractivity contribution in [3.05, 3.63) is 0 Å². The summed E-state index contributed by atoms with van der Waals surface area (Å²) in [5, 5.41) is 9.52. The summed E-state index contributed by atoms with van der Waals surface area (Å²) in [5.41, 5.74) is -0.752. The highest BCUT2D eigenvalue weighted by molar-refractivity contribution is 4.98. The summed E-state index contributed by atoms with van der Waals surface area (Å²) < 4.78 is 22.9. The van der Waals surface area contributed by atoms with Crippen molar-refractivity contribution in [1.82, 2.24) is 0 Å². The Hall–Kier alpha value is -0.200. The molecule has 2 saturated heterocycles. The Labute approximate surface area is 102 Å². The molecule has 0 aromatic rings. The predicted molar refractivity (Wildman–Crippen MR) is 60.4 cm³/mol. The van der Waals surface area contributed by atoms with Crippen LogP contribution in [0, 0.1) is 0 Å². The van der Waals surface area contributed by atoms with E-state index < -0.39 is 17.2 Å². The SMILES string of the molecule is CC1(C)OC[C@H]([C@H]2OC(C)(C)O[C@]2(C)CO)O1. The van der Waals surface area contributed by atoms with E-state index >= 15 is 0 Å². The summed E-state index contributed by atoms with van der Waals surface area (Å²) in [6, 6.07) is 0. The number of rotatable bonds is 2. The summed E-state index contributed by atoms with van der Waals surface area (Å²) in [6.07, 6.45) is -0.548. The third kappa shape index (κ3) is 2.48. The maximum absolute atomic E-state index is 9.52. The number of hydrogen-bond acceptors (Lipinski definition) is 5. The Kier molecular flexibility index (Phi) is 3.03. The maximum atomic E-state index is 9.52. The standard InChI is InChI=1S/C12H22O5/c1-10(2)14-6-8(15-10)9-12(5,7-13)17-11(3,4)16-9/h8-9,13H,6-7H2,1-5H3/t8-,9-,12-/m1/s1. The van der Waals surface area contributed by atoms with E-state index in [0.29, 0.717) is 6.61 Å². The molecule has 100 valence electrons. The highest BCUT2D eigenvalue weighted by atomic mass is 16.8. The Morgan fingerprint density at radius 1 is 1.06 bits per heavy atom. The van der Waals surface area contributed by atoms with Crippen molar-refractivity contribution in [2.75, 3.05) is 13.2 Å². The van der Waals surface area contributed by atoms with Crippen LogP contribution in [0.3, 0.4) is 0 Å². The number of ether oxygens (including phenoxy) is 4. The molecule has 17 heavy (non-hydrogen) atoms. The van der Waals surface area contributed by atoms with Gasteiger partial charge in [-0.25, -0.2) is 0 Å². The first-order valence-corrected chi connectivity index (χ1v) is 5.98. The van der Waals surface area contributed by atoms with Crippen molar-refractivity contribution in [2.24, 2.45) is 0 Å². The fraction of sp³-hybridized carbons (Fsp3) is 1.00. The molecule has 2 rings (SSSR count). The minimum absolute atomic E-state index is 0.110. The minimum atomic E-state index is -0.752. The van der Waals surface area contributed by atoms with Crippen molar-refractivity contribution >= 4 is 0 Å². The molecule has 0 aliphatic carbocycles. The number of aliphatic hydroxyl groups excluding tert-OH is 1. The van der Waals surface area contributed by atoms with E-state index in [0.717, 1.165) is 0 Å². The first-order valence-electron chi connectivity index (χ1n) is 5.98. The summed E-state index contributed by atoms with van der Waals surface area (Å²) in [7, 11) is 0. The molecule has 3 atom stereocenters. The summed E-state index contributed by atoms with van der Waals surface area (Å²) >= 11 is 0. The lowest BCUT2D eigenvalue weighted by Crippen LogP contribution is -2.48. The quantitative estimate of drug-likeness (QED) is 0.789. The third-order valence-electron chi connectivity index (χ3n) is 3.17. The molecule has 5 heteroatoms. The molecule has 2 fully saturated rings. The van der Waals surface area contributed by atoms with Gasteiger partial charge >= 0.3 is 0 Å². The molecule has 2 aliphatic heterocycles. The second kappa shape index (κ2) is 3.90. The molecule has 0 saturated carbocycles. The van der Waals surface area contributed by atoms with Gasteiger partial charge in [0.25, 0.3) is 0 Å². The van der Waals surface area contributed by atoms with Crippen LogP contribution in [0.5, 0.6) is 0 Å². The van der Waals surface area contributed by atoms with Crippen molar-refractivity contribution < 1.29 is 24.1 Å². The van der Waals surface area contributed by atoms with Crippen molar-refractivity contribution in [1.29, 1.82) is 0 Å². The van der Waals surface area contributed by atoms with E-state index in [2.05, 4.69) is 0 Å². The average Bonchev–Trinajstić information content (AvgIpc) is 2.64. The molecule has 2 heterocycles. The van der Waals surface area contributed by atoms with E-state index in [9.17, 15) is 5.11 Å². The monoisotopic (exact) mass is 246 g/mol. The van der Waals surface area contributed by atoms with Crippen LogP contribution < -0.4 is 0 Å². The molecule has 5 nitrogen and oxygen atoms in total. The van der Waals surface area contributed by atoms with Crippen molar-refractivity contribution in [2.45, 2.75) is 64.0 Å². The van der Waals surface area contributed by atoms with Gasteiger partial charge in [-0.15, -0.1) is 0 Å². The van der Waals surface area contributed by atoms with Crippen molar-refractivity contribution in [3.8, 4) is 0 Å².